The minimum absolute atomic E-state index is 0.124. The maximum Gasteiger partial charge on any atom is 0.306 e. The van der Waals surface area contributed by atoms with Crippen molar-refractivity contribution in [1.82, 2.24) is 0 Å². The van der Waals surface area contributed by atoms with E-state index in [4.69, 9.17) is 14.2 Å². The van der Waals surface area contributed by atoms with Crippen LogP contribution in [0, 0.1) is 0 Å². The molecule has 0 aliphatic carbocycles. The van der Waals surface area contributed by atoms with Gasteiger partial charge in [0.1, 0.15) is 13.2 Å². The Bertz CT molecular complexity index is 1440. The summed E-state index contributed by atoms with van der Waals surface area (Å²) in [6, 6.07) is 0. The van der Waals surface area contributed by atoms with Gasteiger partial charge in [-0.05, 0) is 96.3 Å². The number of hydrogen-bond donors (Lipinski definition) is 0. The summed E-state index contributed by atoms with van der Waals surface area (Å²) in [5.74, 6) is -1.05. The van der Waals surface area contributed by atoms with E-state index in [0.29, 0.717) is 25.7 Å². The molecule has 0 aliphatic heterocycles. The zero-order chi connectivity index (χ0) is 48.6. The molecule has 6 nitrogen and oxygen atoms in total. The third-order valence-corrected chi connectivity index (χ3v) is 11.0. The summed E-state index contributed by atoms with van der Waals surface area (Å²) in [7, 11) is 0. The summed E-state index contributed by atoms with van der Waals surface area (Å²) in [4.78, 5) is 38.0. The van der Waals surface area contributed by atoms with Crippen molar-refractivity contribution in [2.24, 2.45) is 0 Å². The lowest BCUT2D eigenvalue weighted by Gasteiger charge is -2.18. The molecular weight excluding hydrogens is 829 g/mol. The standard InChI is InChI=1S/C61H98O6/c1-4-7-10-13-16-19-22-25-28-29-30-31-34-36-39-42-45-48-51-54-60(63)66-57-58(67-61(64)55-52-49-46-43-40-37-33-27-24-21-18-15-12-9-6-3)56-65-59(62)53-50-47-44-41-38-35-32-26-23-20-17-14-11-8-5-2/h7-8,10-11,16-17,19-20,25-26,28,30-32,36,38-39,41,45,48,58H,4-6,9,12-15,18,21-24,27,29,33-35,37,40,42-44,46-47,49-57H2,1-3H3/b10-7-,11-8-,19-16-,20-17-,28-25-,31-30-,32-26-,39-36-,41-38-,48-45-/t58-/m0/s1. The van der Waals surface area contributed by atoms with Crippen LogP contribution in [0.4, 0.5) is 0 Å². The molecule has 0 bridgehead atoms. The molecule has 0 spiro atoms. The topological polar surface area (TPSA) is 78.9 Å². The van der Waals surface area contributed by atoms with Gasteiger partial charge >= 0.3 is 17.9 Å². The largest absolute Gasteiger partial charge is 0.462 e. The smallest absolute Gasteiger partial charge is 0.306 e. The quantitative estimate of drug-likeness (QED) is 0.0262. The van der Waals surface area contributed by atoms with Crippen LogP contribution in [-0.4, -0.2) is 37.2 Å². The van der Waals surface area contributed by atoms with Crippen LogP contribution in [0.15, 0.2) is 122 Å². The van der Waals surface area contributed by atoms with E-state index >= 15 is 0 Å². The Hall–Kier alpha value is -4.19. The molecule has 378 valence electrons. The molecule has 67 heavy (non-hydrogen) atoms. The molecule has 0 heterocycles. The highest BCUT2D eigenvalue weighted by molar-refractivity contribution is 5.71. The lowest BCUT2D eigenvalue weighted by molar-refractivity contribution is -0.166. The molecule has 0 unspecified atom stereocenters. The molecule has 0 aliphatic rings. The Labute approximate surface area is 412 Å². The lowest BCUT2D eigenvalue weighted by atomic mass is 10.0. The van der Waals surface area contributed by atoms with Crippen molar-refractivity contribution in [3.05, 3.63) is 122 Å². The zero-order valence-electron chi connectivity index (χ0n) is 43.1. The third-order valence-electron chi connectivity index (χ3n) is 11.0. The van der Waals surface area contributed by atoms with Gasteiger partial charge in [0.25, 0.3) is 0 Å². The lowest BCUT2D eigenvalue weighted by Crippen LogP contribution is -2.30. The number of unbranched alkanes of at least 4 members (excludes halogenated alkanes) is 16. The summed E-state index contributed by atoms with van der Waals surface area (Å²) in [6.07, 6.45) is 74.8. The first-order valence-corrected chi connectivity index (χ1v) is 27.0. The van der Waals surface area contributed by atoms with Crippen LogP contribution < -0.4 is 0 Å². The first-order valence-electron chi connectivity index (χ1n) is 27.0. The van der Waals surface area contributed by atoms with E-state index in [-0.39, 0.29) is 37.5 Å². The number of esters is 3. The number of carbonyl (C=O) groups excluding carboxylic acids is 3. The van der Waals surface area contributed by atoms with Crippen LogP contribution in [0.25, 0.3) is 0 Å². The van der Waals surface area contributed by atoms with Crippen LogP contribution in [0.1, 0.15) is 226 Å². The molecular formula is C61H98O6. The van der Waals surface area contributed by atoms with Crippen molar-refractivity contribution in [3.8, 4) is 0 Å². The first-order chi connectivity index (χ1) is 33.0. The molecule has 0 aromatic rings. The molecule has 0 rings (SSSR count). The van der Waals surface area contributed by atoms with Crippen molar-refractivity contribution in [2.75, 3.05) is 13.2 Å². The van der Waals surface area contributed by atoms with Crippen LogP contribution >= 0.6 is 0 Å². The van der Waals surface area contributed by atoms with Gasteiger partial charge in [-0.25, -0.2) is 0 Å². The van der Waals surface area contributed by atoms with Crippen LogP contribution in [0.3, 0.4) is 0 Å². The molecule has 1 atom stereocenters. The second-order valence-electron chi connectivity index (χ2n) is 17.4. The molecule has 6 heteroatoms. The second kappa shape index (κ2) is 54.4. The van der Waals surface area contributed by atoms with Crippen molar-refractivity contribution < 1.29 is 28.6 Å². The van der Waals surface area contributed by atoms with Crippen LogP contribution in [-0.2, 0) is 28.6 Å². The van der Waals surface area contributed by atoms with Crippen molar-refractivity contribution in [2.45, 2.75) is 232 Å². The fourth-order valence-electron chi connectivity index (χ4n) is 6.99. The minimum Gasteiger partial charge on any atom is -0.462 e. The van der Waals surface area contributed by atoms with Crippen molar-refractivity contribution in [3.63, 3.8) is 0 Å². The predicted molar refractivity (Wildman–Crippen MR) is 288 cm³/mol. The molecule has 0 radical (unpaired) electrons. The number of allylic oxidation sites excluding steroid dienone is 20. The van der Waals surface area contributed by atoms with Gasteiger partial charge in [0.2, 0.25) is 0 Å². The molecule has 0 amide bonds. The summed E-state index contributed by atoms with van der Waals surface area (Å²) in [5, 5.41) is 0. The van der Waals surface area contributed by atoms with Gasteiger partial charge in [-0.2, -0.15) is 0 Å². The highest BCUT2D eigenvalue weighted by Gasteiger charge is 2.19. The van der Waals surface area contributed by atoms with E-state index in [0.717, 1.165) is 96.3 Å². The Morgan fingerprint density at radius 1 is 0.313 bits per heavy atom. The predicted octanol–water partition coefficient (Wildman–Crippen LogP) is 18.1. The maximum atomic E-state index is 12.8. The van der Waals surface area contributed by atoms with Gasteiger partial charge in [0.05, 0.1) is 0 Å². The van der Waals surface area contributed by atoms with Gasteiger partial charge in [0.15, 0.2) is 6.10 Å². The van der Waals surface area contributed by atoms with E-state index in [1.807, 2.05) is 12.2 Å². The van der Waals surface area contributed by atoms with E-state index in [1.165, 1.54) is 77.0 Å². The SMILES string of the molecule is CC/C=C\C/C=C\C/C=C\C/C=C\C/C=C\C/C=C\CCC(=O)OC[C@H](COC(=O)CCCC/C=C\C/C=C\C/C=C\C/C=C\CC)OC(=O)CCCCCCCCCCCCCCCCC. The van der Waals surface area contributed by atoms with Gasteiger partial charge in [0, 0.05) is 19.3 Å². The first kappa shape index (κ1) is 62.8. The number of hydrogen-bond acceptors (Lipinski definition) is 6. The van der Waals surface area contributed by atoms with Crippen LogP contribution in [0.5, 0.6) is 0 Å². The second-order valence-corrected chi connectivity index (χ2v) is 17.4. The highest BCUT2D eigenvalue weighted by atomic mass is 16.6. The summed E-state index contributed by atoms with van der Waals surface area (Å²) >= 11 is 0. The Balaban J connectivity index is 4.57. The molecule has 0 N–H and O–H groups in total. The molecule has 0 aromatic heterocycles. The van der Waals surface area contributed by atoms with Crippen LogP contribution in [0.2, 0.25) is 0 Å². The van der Waals surface area contributed by atoms with Gasteiger partial charge in [-0.15, -0.1) is 0 Å². The maximum absolute atomic E-state index is 12.8. The van der Waals surface area contributed by atoms with Gasteiger partial charge in [-0.3, -0.25) is 14.4 Å². The van der Waals surface area contributed by atoms with Gasteiger partial charge in [-0.1, -0.05) is 232 Å². The summed E-state index contributed by atoms with van der Waals surface area (Å²) in [5.41, 5.74) is 0. The zero-order valence-corrected chi connectivity index (χ0v) is 43.1. The molecule has 0 aromatic carbocycles. The number of carbonyl (C=O) groups is 3. The molecule has 0 saturated carbocycles. The fourth-order valence-corrected chi connectivity index (χ4v) is 6.99. The summed E-state index contributed by atoms with van der Waals surface area (Å²) in [6.45, 7) is 6.30. The van der Waals surface area contributed by atoms with Crippen molar-refractivity contribution >= 4 is 17.9 Å². The Morgan fingerprint density at radius 2 is 0.612 bits per heavy atom. The Morgan fingerprint density at radius 3 is 1.00 bits per heavy atom. The normalized spacial score (nSPS) is 13.1. The number of rotatable bonds is 47. The van der Waals surface area contributed by atoms with E-state index < -0.39 is 6.10 Å². The van der Waals surface area contributed by atoms with E-state index in [1.54, 1.807) is 0 Å². The molecule has 0 fully saturated rings. The third kappa shape index (κ3) is 52.6. The average molecular weight is 927 g/mol. The molecule has 0 saturated heterocycles. The minimum atomic E-state index is -0.827. The van der Waals surface area contributed by atoms with E-state index in [9.17, 15) is 14.4 Å². The van der Waals surface area contributed by atoms with Crippen molar-refractivity contribution in [1.29, 1.82) is 0 Å². The fraction of sp³-hybridized carbons (Fsp3) is 0.623. The number of ether oxygens (including phenoxy) is 3. The monoisotopic (exact) mass is 927 g/mol. The summed E-state index contributed by atoms with van der Waals surface area (Å²) < 4.78 is 16.7. The van der Waals surface area contributed by atoms with Gasteiger partial charge < -0.3 is 14.2 Å². The highest BCUT2D eigenvalue weighted by Crippen LogP contribution is 2.15. The van der Waals surface area contributed by atoms with E-state index in [2.05, 4.69) is 130 Å². The Kier molecular flexibility index (Phi) is 51.0. The average Bonchev–Trinajstić information content (AvgIpc) is 3.33.